The number of aromatic nitrogens is 6. The Morgan fingerprint density at radius 1 is 1.16 bits per heavy atom. The number of benzene rings is 1. The Morgan fingerprint density at radius 3 is 2.62 bits per heavy atom. The van der Waals surface area contributed by atoms with E-state index < -0.39 is 11.6 Å². The lowest BCUT2D eigenvalue weighted by Gasteiger charge is -2.33. The normalized spacial score (nSPS) is 15.0. The van der Waals surface area contributed by atoms with Gasteiger partial charge in [0.1, 0.15) is 17.7 Å². The van der Waals surface area contributed by atoms with Crippen LogP contribution in [0.5, 0.6) is 0 Å². The fourth-order valence-electron chi connectivity index (χ4n) is 5.09. The number of aromatic amines is 1. The summed E-state index contributed by atoms with van der Waals surface area (Å²) in [5.74, 6) is 0.0231. The second-order valence-corrected chi connectivity index (χ2v) is 10.1. The second kappa shape index (κ2) is 10.0. The van der Waals surface area contributed by atoms with Crippen LogP contribution in [-0.2, 0) is 6.54 Å². The second-order valence-electron chi connectivity index (χ2n) is 10.1. The number of anilines is 1. The van der Waals surface area contributed by atoms with Crippen molar-refractivity contribution in [1.82, 2.24) is 34.0 Å². The van der Waals surface area contributed by atoms with Crippen LogP contribution in [0.3, 0.4) is 0 Å². The number of nitrogens with zero attached hydrogens (tertiary/aromatic N) is 7. The molecule has 0 atom stereocenters. The molecule has 3 aromatic heterocycles. The maximum Gasteiger partial charge on any atom is 0.328 e. The molecule has 0 unspecified atom stereocenters. The molecule has 1 aliphatic rings. The molecular weight excluding hydrogens is 478 g/mol. The highest BCUT2D eigenvalue weighted by Crippen LogP contribution is 2.34. The number of halogens is 2. The Bertz CT molecular complexity index is 1460. The minimum atomic E-state index is -0.879. The highest BCUT2D eigenvalue weighted by molar-refractivity contribution is 5.83. The van der Waals surface area contributed by atoms with E-state index in [0.29, 0.717) is 17.9 Å². The molecule has 0 radical (unpaired) electrons. The first-order valence-electron chi connectivity index (χ1n) is 12.6. The van der Waals surface area contributed by atoms with Crippen molar-refractivity contribution in [3.8, 4) is 11.3 Å². The summed E-state index contributed by atoms with van der Waals surface area (Å²) >= 11 is 0. The van der Waals surface area contributed by atoms with E-state index in [-0.39, 0.29) is 23.2 Å². The molecule has 1 saturated heterocycles. The molecule has 1 N–H and O–H groups in total. The summed E-state index contributed by atoms with van der Waals surface area (Å²) < 4.78 is 32.3. The number of hydrogen-bond donors (Lipinski definition) is 1. The Labute approximate surface area is 213 Å². The van der Waals surface area contributed by atoms with E-state index in [0.717, 1.165) is 55.7 Å². The molecule has 0 bridgehead atoms. The lowest BCUT2D eigenvalue weighted by atomic mass is 9.95. The first kappa shape index (κ1) is 25.1. The highest BCUT2D eigenvalue weighted by atomic mass is 19.2. The number of nitrogens with one attached hydrogen (secondary N) is 1. The summed E-state index contributed by atoms with van der Waals surface area (Å²) in [5.41, 5.74) is 1.68. The number of rotatable bonds is 7. The quantitative estimate of drug-likeness (QED) is 0.407. The van der Waals surface area contributed by atoms with Gasteiger partial charge in [0, 0.05) is 49.9 Å². The molecule has 9 nitrogen and oxygen atoms in total. The average molecular weight is 511 g/mol. The van der Waals surface area contributed by atoms with Crippen molar-refractivity contribution in [2.45, 2.75) is 45.2 Å². The van der Waals surface area contributed by atoms with Crippen LogP contribution in [-0.4, -0.2) is 67.7 Å². The average Bonchev–Trinajstić information content (AvgIpc) is 3.44. The molecule has 0 saturated carbocycles. The fraction of sp³-hybridized carbons (Fsp3) is 0.462. The van der Waals surface area contributed by atoms with Crippen LogP contribution in [0.25, 0.3) is 22.4 Å². The van der Waals surface area contributed by atoms with E-state index in [2.05, 4.69) is 29.3 Å². The predicted octanol–water partition coefficient (Wildman–Crippen LogP) is 3.79. The summed E-state index contributed by atoms with van der Waals surface area (Å²) in [7, 11) is 4.00. The monoisotopic (exact) mass is 510 g/mol. The molecule has 37 heavy (non-hydrogen) atoms. The van der Waals surface area contributed by atoms with Crippen LogP contribution in [0.1, 0.15) is 44.5 Å². The number of fused-ring (bicyclic) bond motifs is 1. The third-order valence-corrected chi connectivity index (χ3v) is 6.99. The first-order chi connectivity index (χ1) is 17.7. The number of imidazole rings is 2. The summed E-state index contributed by atoms with van der Waals surface area (Å²) in [5, 5.41) is 0. The van der Waals surface area contributed by atoms with Gasteiger partial charge in [-0.1, -0.05) is 6.07 Å². The number of H-pyrrole nitrogens is 1. The van der Waals surface area contributed by atoms with E-state index in [9.17, 15) is 13.6 Å². The molecule has 11 heteroatoms. The van der Waals surface area contributed by atoms with E-state index in [4.69, 9.17) is 4.98 Å². The SMILES string of the molecule is CC(C)n1c(=O)[nH]c2ncnc(N3CCC(c4nc(-c5cccc(F)c5F)cn4CCN(C)C)CC3)c21. The van der Waals surface area contributed by atoms with Gasteiger partial charge in [-0.2, -0.15) is 0 Å². The maximum atomic E-state index is 14.6. The molecule has 1 aromatic carbocycles. The summed E-state index contributed by atoms with van der Waals surface area (Å²) in [6.07, 6.45) is 4.94. The lowest BCUT2D eigenvalue weighted by Crippen LogP contribution is -2.35. The molecule has 0 aliphatic carbocycles. The zero-order valence-corrected chi connectivity index (χ0v) is 21.6. The van der Waals surface area contributed by atoms with E-state index in [1.807, 2.05) is 34.1 Å². The molecule has 0 amide bonds. The van der Waals surface area contributed by atoms with Crippen LogP contribution in [0, 0.1) is 11.6 Å². The minimum absolute atomic E-state index is 0.0330. The molecule has 4 aromatic rings. The van der Waals surface area contributed by atoms with Gasteiger partial charge in [0.15, 0.2) is 23.1 Å². The van der Waals surface area contributed by atoms with Crippen LogP contribution >= 0.6 is 0 Å². The molecule has 1 aliphatic heterocycles. The van der Waals surface area contributed by atoms with Gasteiger partial charge in [0.2, 0.25) is 0 Å². The van der Waals surface area contributed by atoms with Crippen LogP contribution in [0.2, 0.25) is 0 Å². The Kier molecular flexibility index (Phi) is 6.80. The van der Waals surface area contributed by atoms with Gasteiger partial charge < -0.3 is 14.4 Å². The van der Waals surface area contributed by atoms with Gasteiger partial charge in [-0.05, 0) is 52.9 Å². The third kappa shape index (κ3) is 4.75. The molecule has 196 valence electrons. The van der Waals surface area contributed by atoms with Gasteiger partial charge in [0.05, 0.1) is 5.69 Å². The number of hydrogen-bond acceptors (Lipinski definition) is 6. The van der Waals surface area contributed by atoms with Crippen molar-refractivity contribution in [1.29, 1.82) is 0 Å². The standard InChI is InChI=1S/C26H32F2N8O/c1-16(2)36-22-23(32-26(36)37)29-15-30-25(22)34-10-8-17(9-11-34)24-31-20(14-35(24)13-12-33(3)4)18-6-5-7-19(27)21(18)28/h5-7,14-17H,8-13H2,1-4H3,(H,29,30,32,37). The summed E-state index contributed by atoms with van der Waals surface area (Å²) in [6, 6.07) is 4.15. The molecular formula is C26H32F2N8O. The number of likely N-dealkylation sites (N-methyl/N-ethyl adjacent to an activating group) is 1. The van der Waals surface area contributed by atoms with Crippen LogP contribution in [0.4, 0.5) is 14.6 Å². The zero-order valence-electron chi connectivity index (χ0n) is 21.6. The van der Waals surface area contributed by atoms with Gasteiger partial charge >= 0.3 is 5.69 Å². The van der Waals surface area contributed by atoms with Crippen molar-refractivity contribution >= 4 is 17.0 Å². The highest BCUT2D eigenvalue weighted by Gasteiger charge is 2.28. The fourth-order valence-corrected chi connectivity index (χ4v) is 5.09. The van der Waals surface area contributed by atoms with Crippen molar-refractivity contribution in [3.05, 3.63) is 58.7 Å². The van der Waals surface area contributed by atoms with Gasteiger partial charge in [-0.15, -0.1) is 0 Å². The lowest BCUT2D eigenvalue weighted by molar-refractivity contribution is 0.372. The van der Waals surface area contributed by atoms with Gasteiger partial charge in [-0.3, -0.25) is 9.55 Å². The van der Waals surface area contributed by atoms with Crippen LogP contribution < -0.4 is 10.6 Å². The largest absolute Gasteiger partial charge is 0.355 e. The van der Waals surface area contributed by atoms with Crippen LogP contribution in [0.15, 0.2) is 35.5 Å². The van der Waals surface area contributed by atoms with Gasteiger partial charge in [0.25, 0.3) is 0 Å². The summed E-state index contributed by atoms with van der Waals surface area (Å²) in [4.78, 5) is 33.3. The molecule has 1 fully saturated rings. The first-order valence-corrected chi connectivity index (χ1v) is 12.6. The van der Waals surface area contributed by atoms with E-state index >= 15 is 0 Å². The van der Waals surface area contributed by atoms with Gasteiger partial charge in [-0.25, -0.2) is 28.5 Å². The smallest absolute Gasteiger partial charge is 0.328 e. The van der Waals surface area contributed by atoms with Crippen molar-refractivity contribution in [2.75, 3.05) is 38.6 Å². The number of piperidine rings is 1. The predicted molar refractivity (Wildman–Crippen MR) is 139 cm³/mol. The molecule has 5 rings (SSSR count). The summed E-state index contributed by atoms with van der Waals surface area (Å²) in [6.45, 7) is 6.86. The molecule has 4 heterocycles. The Hall–Kier alpha value is -3.60. The van der Waals surface area contributed by atoms with Crippen molar-refractivity contribution < 1.29 is 8.78 Å². The third-order valence-electron chi connectivity index (χ3n) is 6.99. The Morgan fingerprint density at radius 2 is 1.92 bits per heavy atom. The van der Waals surface area contributed by atoms with E-state index in [1.165, 1.54) is 12.4 Å². The molecule has 0 spiro atoms. The minimum Gasteiger partial charge on any atom is -0.355 e. The zero-order chi connectivity index (χ0) is 26.3. The van der Waals surface area contributed by atoms with E-state index in [1.54, 1.807) is 10.6 Å². The van der Waals surface area contributed by atoms with Crippen molar-refractivity contribution in [3.63, 3.8) is 0 Å². The Balaban J connectivity index is 1.43. The maximum absolute atomic E-state index is 14.6. The topological polar surface area (TPSA) is 87.9 Å². The van der Waals surface area contributed by atoms with Crippen molar-refractivity contribution in [2.24, 2.45) is 0 Å².